The van der Waals surface area contributed by atoms with Crippen molar-refractivity contribution in [2.24, 2.45) is 0 Å². The van der Waals surface area contributed by atoms with Crippen LogP contribution in [0.1, 0.15) is 47.8 Å². The molecule has 268 valence electrons. The highest BCUT2D eigenvalue weighted by Gasteiger charge is 2.20. The molecule has 54 heavy (non-hydrogen) atoms. The zero-order valence-electron chi connectivity index (χ0n) is 28.5. The summed E-state index contributed by atoms with van der Waals surface area (Å²) in [5, 5.41) is 0. The second kappa shape index (κ2) is 16.3. The normalized spacial score (nSPS) is 11.7. The number of hydrogen-bond donors (Lipinski definition) is 2. The molecule has 0 aliphatic heterocycles. The minimum atomic E-state index is -4.15. The number of anilines is 2. The SMILES string of the molecule is O=C(/C=C/c1ccccc1)c1ccc(NS(=O)(=O)c2cccc(C(=O)c3cccc(S(=O)(=O)Nc4ccc(C(=O)/C=C/c5ccccc5)cc4)c3)c2)cc1. The molecule has 0 spiro atoms. The molecular weight excluding hydrogens is 721 g/mol. The van der Waals surface area contributed by atoms with Crippen molar-refractivity contribution in [1.82, 2.24) is 0 Å². The number of sulfonamides is 2. The lowest BCUT2D eigenvalue weighted by molar-refractivity contribution is 0.103. The Morgan fingerprint density at radius 3 is 1.15 bits per heavy atom. The number of rotatable bonds is 14. The predicted molar refractivity (Wildman–Crippen MR) is 210 cm³/mol. The van der Waals surface area contributed by atoms with Crippen LogP contribution in [-0.4, -0.2) is 34.2 Å². The van der Waals surface area contributed by atoms with Crippen molar-refractivity contribution in [3.05, 3.63) is 203 Å². The first-order chi connectivity index (χ1) is 26.0. The number of benzene rings is 6. The summed E-state index contributed by atoms with van der Waals surface area (Å²) in [4.78, 5) is 38.3. The van der Waals surface area contributed by atoms with Gasteiger partial charge in [0.2, 0.25) is 0 Å². The minimum absolute atomic E-state index is 0.0214. The quantitative estimate of drug-likeness (QED) is 0.0842. The van der Waals surface area contributed by atoms with Gasteiger partial charge in [-0.3, -0.25) is 23.8 Å². The Morgan fingerprint density at radius 1 is 0.407 bits per heavy atom. The molecule has 0 amide bonds. The van der Waals surface area contributed by atoms with E-state index in [0.29, 0.717) is 11.1 Å². The number of ketones is 3. The van der Waals surface area contributed by atoms with E-state index >= 15 is 0 Å². The molecule has 6 aromatic carbocycles. The Morgan fingerprint density at radius 2 is 0.778 bits per heavy atom. The molecule has 2 N–H and O–H groups in total. The van der Waals surface area contributed by atoms with E-state index < -0.39 is 25.8 Å². The van der Waals surface area contributed by atoms with Gasteiger partial charge in [0.05, 0.1) is 9.79 Å². The molecule has 0 aromatic heterocycles. The maximum atomic E-state index is 13.5. The third-order valence-electron chi connectivity index (χ3n) is 8.11. The van der Waals surface area contributed by atoms with Crippen LogP contribution in [0, 0.1) is 0 Å². The molecule has 0 saturated heterocycles. The van der Waals surface area contributed by atoms with Crippen molar-refractivity contribution in [3.8, 4) is 0 Å². The van der Waals surface area contributed by atoms with Crippen molar-refractivity contribution >= 4 is 60.9 Å². The first-order valence-electron chi connectivity index (χ1n) is 16.5. The average Bonchev–Trinajstić information content (AvgIpc) is 3.20. The predicted octanol–water partition coefficient (Wildman–Crippen LogP) is 8.31. The Bertz CT molecular complexity index is 2420. The van der Waals surface area contributed by atoms with Gasteiger partial charge >= 0.3 is 0 Å². The summed E-state index contributed by atoms with van der Waals surface area (Å²) in [7, 11) is -8.31. The summed E-state index contributed by atoms with van der Waals surface area (Å²) in [6.45, 7) is 0. The lowest BCUT2D eigenvalue weighted by atomic mass is 10.0. The highest BCUT2D eigenvalue weighted by Crippen LogP contribution is 2.23. The number of hydrogen-bond acceptors (Lipinski definition) is 7. The second-order valence-corrected chi connectivity index (χ2v) is 15.3. The molecular formula is C43H32N2O7S2. The molecule has 0 aliphatic rings. The maximum absolute atomic E-state index is 13.5. The fraction of sp³-hybridized carbons (Fsp3) is 0. The molecule has 0 unspecified atom stereocenters. The Kier molecular flexibility index (Phi) is 11.2. The largest absolute Gasteiger partial charge is 0.289 e. The Balaban J connectivity index is 1.11. The first kappa shape index (κ1) is 37.1. The van der Waals surface area contributed by atoms with E-state index in [2.05, 4.69) is 9.44 Å². The van der Waals surface area contributed by atoms with Gasteiger partial charge in [-0.05, 0) is 96.1 Å². The minimum Gasteiger partial charge on any atom is -0.289 e. The van der Waals surface area contributed by atoms with Gasteiger partial charge < -0.3 is 0 Å². The fourth-order valence-corrected chi connectivity index (χ4v) is 7.48. The first-order valence-corrected chi connectivity index (χ1v) is 19.5. The van der Waals surface area contributed by atoms with Gasteiger partial charge in [-0.2, -0.15) is 0 Å². The van der Waals surface area contributed by atoms with Crippen LogP contribution in [-0.2, 0) is 20.0 Å². The van der Waals surface area contributed by atoms with Crippen LogP contribution >= 0.6 is 0 Å². The van der Waals surface area contributed by atoms with Gasteiger partial charge in [0.25, 0.3) is 20.0 Å². The number of nitrogens with one attached hydrogen (secondary N) is 2. The second-order valence-electron chi connectivity index (χ2n) is 12.0. The van der Waals surface area contributed by atoms with Crippen molar-refractivity contribution in [2.45, 2.75) is 9.79 Å². The summed E-state index contributed by atoms with van der Waals surface area (Å²) >= 11 is 0. The highest BCUT2D eigenvalue weighted by atomic mass is 32.2. The van der Waals surface area contributed by atoms with Gasteiger partial charge in [-0.1, -0.05) is 97.1 Å². The van der Waals surface area contributed by atoms with E-state index in [1.807, 2.05) is 60.7 Å². The van der Waals surface area contributed by atoms with E-state index in [0.717, 1.165) is 11.1 Å². The molecule has 9 nitrogen and oxygen atoms in total. The summed E-state index contributed by atoms with van der Waals surface area (Å²) in [5.74, 6) is -1.09. The van der Waals surface area contributed by atoms with Gasteiger partial charge in [0.15, 0.2) is 17.3 Å². The molecule has 6 aromatic rings. The van der Waals surface area contributed by atoms with Gasteiger partial charge in [0.1, 0.15) is 0 Å². The van der Waals surface area contributed by atoms with Crippen LogP contribution < -0.4 is 9.44 Å². The molecule has 0 radical (unpaired) electrons. The summed E-state index contributed by atoms with van der Waals surface area (Å²) in [6.07, 6.45) is 6.26. The average molecular weight is 753 g/mol. The lowest BCUT2D eigenvalue weighted by Crippen LogP contribution is -2.15. The third-order valence-corrected chi connectivity index (χ3v) is 10.9. The zero-order chi connectivity index (χ0) is 38.1. The third kappa shape index (κ3) is 9.39. The number of carbonyl (C=O) groups excluding carboxylic acids is 3. The Hall–Kier alpha value is -6.69. The summed E-state index contributed by atoms with van der Waals surface area (Å²) in [5.41, 5.74) is 2.94. The van der Waals surface area contributed by atoms with Crippen molar-refractivity contribution in [1.29, 1.82) is 0 Å². The van der Waals surface area contributed by atoms with Crippen LogP contribution in [0.15, 0.2) is 180 Å². The van der Waals surface area contributed by atoms with Crippen molar-refractivity contribution < 1.29 is 31.2 Å². The van der Waals surface area contributed by atoms with Crippen LogP contribution in [0.3, 0.4) is 0 Å². The molecule has 6 rings (SSSR count). The molecule has 0 aliphatic carbocycles. The number of carbonyl (C=O) groups is 3. The zero-order valence-corrected chi connectivity index (χ0v) is 30.1. The molecule has 0 bridgehead atoms. The van der Waals surface area contributed by atoms with Crippen LogP contribution in [0.4, 0.5) is 11.4 Å². The van der Waals surface area contributed by atoms with Crippen molar-refractivity contribution in [2.75, 3.05) is 9.44 Å². The van der Waals surface area contributed by atoms with Crippen LogP contribution in [0.25, 0.3) is 12.2 Å². The van der Waals surface area contributed by atoms with Crippen LogP contribution in [0.2, 0.25) is 0 Å². The topological polar surface area (TPSA) is 144 Å². The molecule has 0 fully saturated rings. The van der Waals surface area contributed by atoms with Crippen molar-refractivity contribution in [3.63, 3.8) is 0 Å². The lowest BCUT2D eigenvalue weighted by Gasteiger charge is -2.11. The molecule has 0 saturated carbocycles. The van der Waals surface area contributed by atoms with E-state index in [-0.39, 0.29) is 43.9 Å². The highest BCUT2D eigenvalue weighted by molar-refractivity contribution is 7.93. The molecule has 0 atom stereocenters. The standard InChI is InChI=1S/C43H32N2O7S2/c46-41(27-17-31-9-3-1-4-10-31)33-19-23-37(24-20-33)44-53(49,50)39-15-7-13-35(29-39)43(48)36-14-8-16-40(30-36)54(51,52)45-38-25-21-34(22-26-38)42(47)28-18-32-11-5-2-6-12-32/h1-30,44-45H/b27-17+,28-18+. The molecule has 0 heterocycles. The maximum Gasteiger partial charge on any atom is 0.261 e. The smallest absolute Gasteiger partial charge is 0.261 e. The van der Waals surface area contributed by atoms with Gasteiger partial charge in [0, 0.05) is 33.6 Å². The summed E-state index contributed by atoms with van der Waals surface area (Å²) in [6, 6.07) is 41.3. The van der Waals surface area contributed by atoms with Crippen LogP contribution in [0.5, 0.6) is 0 Å². The van der Waals surface area contributed by atoms with Gasteiger partial charge in [-0.25, -0.2) is 16.8 Å². The van der Waals surface area contributed by atoms with E-state index in [9.17, 15) is 31.2 Å². The van der Waals surface area contributed by atoms with E-state index in [4.69, 9.17) is 0 Å². The fourth-order valence-electron chi connectivity index (χ4n) is 5.27. The van der Waals surface area contributed by atoms with E-state index in [1.54, 1.807) is 12.2 Å². The van der Waals surface area contributed by atoms with E-state index in [1.165, 1.54) is 109 Å². The monoisotopic (exact) mass is 752 g/mol. The molecule has 11 heteroatoms. The number of allylic oxidation sites excluding steroid dienone is 2. The Labute approximate surface area is 313 Å². The summed E-state index contributed by atoms with van der Waals surface area (Å²) < 4.78 is 58.1. The van der Waals surface area contributed by atoms with Gasteiger partial charge in [-0.15, -0.1) is 0 Å².